The van der Waals surface area contributed by atoms with Crippen molar-refractivity contribution in [2.75, 3.05) is 19.8 Å². The molecule has 0 saturated heterocycles. The molecule has 134 valence electrons. The second-order valence-corrected chi connectivity index (χ2v) is 7.14. The van der Waals surface area contributed by atoms with Gasteiger partial charge in [-0.1, -0.05) is 27.7 Å². The van der Waals surface area contributed by atoms with Crippen molar-refractivity contribution in [3.8, 4) is 0 Å². The van der Waals surface area contributed by atoms with Gasteiger partial charge in [-0.05, 0) is 12.3 Å². The first-order chi connectivity index (χ1) is 10.6. The summed E-state index contributed by atoms with van der Waals surface area (Å²) in [5.74, 6) is 0.00663. The Balaban J connectivity index is 2.58. The summed E-state index contributed by atoms with van der Waals surface area (Å²) in [6.45, 7) is 9.46. The second-order valence-electron chi connectivity index (χ2n) is 7.14. The summed E-state index contributed by atoms with van der Waals surface area (Å²) < 4.78 is 10.7. The van der Waals surface area contributed by atoms with E-state index in [1.807, 2.05) is 13.8 Å². The van der Waals surface area contributed by atoms with Crippen LogP contribution in [0, 0.1) is 17.3 Å². The molecule has 3 atom stereocenters. The molecule has 0 saturated carbocycles. The Morgan fingerprint density at radius 1 is 1.48 bits per heavy atom. The predicted molar refractivity (Wildman–Crippen MR) is 87.4 cm³/mol. The number of nitrogens with two attached hydrogens (primary N) is 2. The quantitative estimate of drug-likeness (QED) is 0.534. The van der Waals surface area contributed by atoms with Gasteiger partial charge in [-0.3, -0.25) is 5.01 Å². The van der Waals surface area contributed by atoms with Crippen LogP contribution >= 0.6 is 0 Å². The minimum absolute atomic E-state index is 0.236. The van der Waals surface area contributed by atoms with Gasteiger partial charge in [0.2, 0.25) is 0 Å². The zero-order valence-electron chi connectivity index (χ0n) is 14.4. The van der Waals surface area contributed by atoms with Gasteiger partial charge in [0.25, 0.3) is 0 Å². The number of rotatable bonds is 9. The summed E-state index contributed by atoms with van der Waals surface area (Å²) in [6, 6.07) is 0. The number of ether oxygens (including phenoxy) is 2. The second kappa shape index (κ2) is 8.47. The molecule has 1 aliphatic rings. The van der Waals surface area contributed by atoms with Crippen LogP contribution in [0.15, 0.2) is 5.10 Å². The van der Waals surface area contributed by atoms with Crippen molar-refractivity contribution in [1.29, 1.82) is 0 Å². The molecule has 3 unspecified atom stereocenters. The molecule has 0 aromatic heterocycles. The van der Waals surface area contributed by atoms with Crippen molar-refractivity contribution >= 4 is 12.3 Å². The Morgan fingerprint density at radius 2 is 2.13 bits per heavy atom. The highest BCUT2D eigenvalue weighted by molar-refractivity contribution is 5.64. The molecule has 1 heterocycles. The van der Waals surface area contributed by atoms with Gasteiger partial charge in [0.05, 0.1) is 19.1 Å². The van der Waals surface area contributed by atoms with Crippen LogP contribution in [0.3, 0.4) is 0 Å². The molecule has 8 nitrogen and oxygen atoms in total. The molecular weight excluding hydrogens is 300 g/mol. The maximum absolute atomic E-state index is 10.7. The number of aliphatic hydroxyl groups is 1. The van der Waals surface area contributed by atoms with Crippen molar-refractivity contribution in [1.82, 2.24) is 5.01 Å². The molecule has 0 spiro atoms. The lowest BCUT2D eigenvalue weighted by atomic mass is 9.90. The van der Waals surface area contributed by atoms with Gasteiger partial charge >= 0.3 is 6.09 Å². The van der Waals surface area contributed by atoms with E-state index in [0.717, 1.165) is 0 Å². The van der Waals surface area contributed by atoms with E-state index in [0.29, 0.717) is 25.5 Å². The van der Waals surface area contributed by atoms with Crippen LogP contribution in [0.2, 0.25) is 0 Å². The summed E-state index contributed by atoms with van der Waals surface area (Å²) in [7, 11) is 0. The molecule has 8 heteroatoms. The van der Waals surface area contributed by atoms with Crippen LogP contribution in [0.4, 0.5) is 4.79 Å². The van der Waals surface area contributed by atoms with Gasteiger partial charge in [-0.25, -0.2) is 4.79 Å². The first-order valence-corrected chi connectivity index (χ1v) is 7.90. The molecule has 1 aliphatic heterocycles. The molecular formula is C15H30N4O4. The average molecular weight is 330 g/mol. The number of aliphatic hydroxyl groups excluding tert-OH is 1. The highest BCUT2D eigenvalue weighted by atomic mass is 16.5. The van der Waals surface area contributed by atoms with E-state index < -0.39 is 12.3 Å². The van der Waals surface area contributed by atoms with Crippen LogP contribution in [0.25, 0.3) is 0 Å². The van der Waals surface area contributed by atoms with Crippen molar-refractivity contribution in [3.05, 3.63) is 0 Å². The third kappa shape index (κ3) is 6.72. The van der Waals surface area contributed by atoms with Crippen LogP contribution in [0.5, 0.6) is 0 Å². The van der Waals surface area contributed by atoms with Crippen molar-refractivity contribution in [2.24, 2.45) is 33.8 Å². The molecule has 23 heavy (non-hydrogen) atoms. The largest absolute Gasteiger partial charge is 0.449 e. The van der Waals surface area contributed by atoms with Gasteiger partial charge < -0.3 is 26.0 Å². The van der Waals surface area contributed by atoms with Crippen LogP contribution in [-0.4, -0.2) is 54.6 Å². The maximum Gasteiger partial charge on any atom is 0.404 e. The zero-order valence-corrected chi connectivity index (χ0v) is 14.4. The van der Waals surface area contributed by atoms with Gasteiger partial charge in [0.1, 0.15) is 6.23 Å². The molecule has 0 fully saturated rings. The molecule has 5 N–H and O–H groups in total. The van der Waals surface area contributed by atoms with Crippen LogP contribution in [0.1, 0.15) is 34.1 Å². The van der Waals surface area contributed by atoms with Gasteiger partial charge in [0.15, 0.2) is 6.23 Å². The normalized spacial score (nSPS) is 22.7. The number of amides is 1. The monoisotopic (exact) mass is 330 g/mol. The predicted octanol–water partition coefficient (Wildman–Crippen LogP) is 0.691. The van der Waals surface area contributed by atoms with E-state index in [4.69, 9.17) is 20.9 Å². The number of nitrogens with zero attached hydrogens (tertiary/aromatic N) is 2. The molecule has 0 aliphatic carbocycles. The van der Waals surface area contributed by atoms with E-state index in [-0.39, 0.29) is 24.2 Å². The fourth-order valence-corrected chi connectivity index (χ4v) is 2.19. The topological polar surface area (TPSA) is 123 Å². The van der Waals surface area contributed by atoms with E-state index in [9.17, 15) is 9.90 Å². The molecule has 0 aromatic rings. The van der Waals surface area contributed by atoms with E-state index in [1.54, 1.807) is 11.2 Å². The fraction of sp³-hybridized carbons (Fsp3) is 0.867. The lowest BCUT2D eigenvalue weighted by Gasteiger charge is -2.32. The van der Waals surface area contributed by atoms with Gasteiger partial charge in [0, 0.05) is 18.2 Å². The minimum Gasteiger partial charge on any atom is -0.449 e. The van der Waals surface area contributed by atoms with Gasteiger partial charge in [-0.2, -0.15) is 5.10 Å². The SMILES string of the molecule is CC(C)COC1C(C(N)O)C=NN1CCC(C)(C)COC(N)=O. The summed E-state index contributed by atoms with van der Waals surface area (Å²) in [5.41, 5.74) is 10.4. The van der Waals surface area contributed by atoms with E-state index in [2.05, 4.69) is 18.9 Å². The highest BCUT2D eigenvalue weighted by Gasteiger charge is 2.36. The third-order valence-electron chi connectivity index (χ3n) is 3.63. The van der Waals surface area contributed by atoms with E-state index >= 15 is 0 Å². The summed E-state index contributed by atoms with van der Waals surface area (Å²) >= 11 is 0. The molecule has 1 amide bonds. The smallest absolute Gasteiger partial charge is 0.404 e. The Labute approximate surface area is 137 Å². The summed E-state index contributed by atoms with van der Waals surface area (Å²) in [5, 5.41) is 15.8. The molecule has 0 radical (unpaired) electrons. The van der Waals surface area contributed by atoms with Gasteiger partial charge in [-0.15, -0.1) is 0 Å². The highest BCUT2D eigenvalue weighted by Crippen LogP contribution is 2.26. The molecule has 1 rings (SSSR count). The average Bonchev–Trinajstić information content (AvgIpc) is 2.84. The Bertz CT molecular complexity index is 412. The van der Waals surface area contributed by atoms with Crippen molar-refractivity contribution in [2.45, 2.75) is 46.6 Å². The van der Waals surface area contributed by atoms with Crippen LogP contribution < -0.4 is 11.5 Å². The lowest BCUT2D eigenvalue weighted by molar-refractivity contribution is -0.0980. The first kappa shape index (κ1) is 19.7. The van der Waals surface area contributed by atoms with Crippen molar-refractivity contribution in [3.63, 3.8) is 0 Å². The number of primary amides is 1. The minimum atomic E-state index is -1.02. The fourth-order valence-electron chi connectivity index (χ4n) is 2.19. The number of carbonyl (C=O) groups excluding carboxylic acids is 1. The Morgan fingerprint density at radius 3 is 2.65 bits per heavy atom. The number of hydrogen-bond acceptors (Lipinski definition) is 7. The Kier molecular flexibility index (Phi) is 7.24. The standard InChI is InChI=1S/C15H30N4O4/c1-10(2)8-22-13-11(12(16)20)7-18-19(13)6-5-15(3,4)9-23-14(17)21/h7,10-13,20H,5-6,8-9,16H2,1-4H3,(H2,17,21). The van der Waals surface area contributed by atoms with Crippen molar-refractivity contribution < 1.29 is 19.4 Å². The Hall–Kier alpha value is -1.38. The zero-order chi connectivity index (χ0) is 17.6. The third-order valence-corrected chi connectivity index (χ3v) is 3.63. The molecule has 0 aromatic carbocycles. The number of carbonyl (C=O) groups is 1. The number of hydrogen-bond donors (Lipinski definition) is 3. The van der Waals surface area contributed by atoms with E-state index in [1.165, 1.54) is 0 Å². The molecule has 0 bridgehead atoms. The lowest BCUT2D eigenvalue weighted by Crippen LogP contribution is -2.45. The maximum atomic E-state index is 10.7. The summed E-state index contributed by atoms with van der Waals surface area (Å²) in [4.78, 5) is 10.7. The van der Waals surface area contributed by atoms with Crippen LogP contribution in [-0.2, 0) is 9.47 Å². The first-order valence-electron chi connectivity index (χ1n) is 7.90. The summed E-state index contributed by atoms with van der Waals surface area (Å²) in [6.07, 6.45) is 0.161. The number of hydrazone groups is 1.